The second kappa shape index (κ2) is 4.36. The van der Waals surface area contributed by atoms with Crippen LogP contribution in [-0.4, -0.2) is 11.7 Å². The molecule has 0 aromatic carbocycles. The minimum atomic E-state index is 0.959. The van der Waals surface area contributed by atoms with E-state index in [-0.39, 0.29) is 0 Å². The minimum Gasteiger partial charge on any atom is -0.272 e. The van der Waals surface area contributed by atoms with Gasteiger partial charge in [0.05, 0.1) is 0 Å². The quantitative estimate of drug-likeness (QED) is 0.508. The predicted molar refractivity (Wildman–Crippen MR) is 56.7 cm³/mol. The Balaban J connectivity index is 3.12. The second-order valence-electron chi connectivity index (χ2n) is 2.66. The molecule has 0 saturated heterocycles. The third-order valence-electron chi connectivity index (χ3n) is 1.68. The van der Waals surface area contributed by atoms with Crippen molar-refractivity contribution in [3.63, 3.8) is 0 Å². The van der Waals surface area contributed by atoms with Gasteiger partial charge in [0.15, 0.2) is 0 Å². The molecule has 1 aromatic rings. The van der Waals surface area contributed by atoms with Crippen molar-refractivity contribution in [2.45, 2.75) is 6.92 Å². The van der Waals surface area contributed by atoms with Crippen LogP contribution in [0.3, 0.4) is 0 Å². The maximum absolute atomic E-state index is 4.11. The van der Waals surface area contributed by atoms with E-state index in [9.17, 15) is 0 Å². The molecule has 66 valence electrons. The fourth-order valence-electron chi connectivity index (χ4n) is 1.07. The summed E-state index contributed by atoms with van der Waals surface area (Å²) >= 11 is 0. The van der Waals surface area contributed by atoms with E-state index >= 15 is 0 Å². The fourth-order valence-corrected chi connectivity index (χ4v) is 1.07. The number of aryl methyl sites for hydroxylation is 1. The van der Waals surface area contributed by atoms with Crippen molar-refractivity contribution in [2.24, 2.45) is 4.99 Å². The van der Waals surface area contributed by atoms with E-state index in [1.165, 1.54) is 0 Å². The Labute approximate surface area is 78.4 Å². The normalized spacial score (nSPS) is 11.0. The van der Waals surface area contributed by atoms with E-state index < -0.39 is 0 Å². The molecule has 0 N–H and O–H groups in total. The summed E-state index contributed by atoms with van der Waals surface area (Å²) in [6.45, 7) is 9.07. The lowest BCUT2D eigenvalue weighted by atomic mass is 10.1. The van der Waals surface area contributed by atoms with E-state index in [1.54, 1.807) is 18.5 Å². The molecule has 1 aromatic heterocycles. The van der Waals surface area contributed by atoms with Crippen molar-refractivity contribution in [3.05, 3.63) is 48.4 Å². The van der Waals surface area contributed by atoms with Gasteiger partial charge in [-0.3, -0.25) is 9.98 Å². The van der Waals surface area contributed by atoms with Crippen LogP contribution >= 0.6 is 0 Å². The van der Waals surface area contributed by atoms with Gasteiger partial charge in [-0.25, -0.2) is 0 Å². The van der Waals surface area contributed by atoms with Crippen LogP contribution in [0.5, 0.6) is 0 Å². The molecule has 0 atom stereocenters. The Bertz CT molecular complexity index is 351. The number of aromatic nitrogens is 1. The van der Waals surface area contributed by atoms with Gasteiger partial charge in [-0.2, -0.15) is 0 Å². The molecule has 0 unspecified atom stereocenters. The number of rotatable bonds is 3. The summed E-state index contributed by atoms with van der Waals surface area (Å²) in [6, 6.07) is 3.91. The Hall–Kier alpha value is -1.70. The first-order valence-electron chi connectivity index (χ1n) is 3.99. The molecule has 0 amide bonds. The highest BCUT2D eigenvalue weighted by Crippen LogP contribution is 2.15. The van der Waals surface area contributed by atoms with E-state index in [1.807, 2.05) is 19.1 Å². The Kier molecular flexibility index (Phi) is 3.15. The monoisotopic (exact) mass is 172 g/mol. The summed E-state index contributed by atoms with van der Waals surface area (Å²) < 4.78 is 0. The van der Waals surface area contributed by atoms with E-state index in [2.05, 4.69) is 23.3 Å². The van der Waals surface area contributed by atoms with Crippen LogP contribution in [0.2, 0.25) is 0 Å². The SMILES string of the molecule is C=C/C(=C\N=C)c1ccnc(C)c1. The van der Waals surface area contributed by atoms with Gasteiger partial charge in [0, 0.05) is 18.1 Å². The van der Waals surface area contributed by atoms with Gasteiger partial charge < -0.3 is 0 Å². The van der Waals surface area contributed by atoms with Crippen LogP contribution in [0.15, 0.2) is 42.2 Å². The molecule has 0 saturated carbocycles. The van der Waals surface area contributed by atoms with Gasteiger partial charge in [0.1, 0.15) is 0 Å². The van der Waals surface area contributed by atoms with E-state index in [0.29, 0.717) is 0 Å². The molecule has 2 heteroatoms. The first-order valence-corrected chi connectivity index (χ1v) is 3.99. The Morgan fingerprint density at radius 3 is 2.92 bits per heavy atom. The zero-order chi connectivity index (χ0) is 9.68. The molecule has 0 radical (unpaired) electrons. The third kappa shape index (κ3) is 2.37. The zero-order valence-corrected chi connectivity index (χ0v) is 7.70. The molecule has 1 heterocycles. The van der Waals surface area contributed by atoms with Crippen LogP contribution in [0.4, 0.5) is 0 Å². The van der Waals surface area contributed by atoms with Gasteiger partial charge >= 0.3 is 0 Å². The smallest absolute Gasteiger partial charge is 0.0378 e. The average molecular weight is 172 g/mol. The molecule has 0 fully saturated rings. The van der Waals surface area contributed by atoms with Crippen molar-refractivity contribution in [1.29, 1.82) is 0 Å². The lowest BCUT2D eigenvalue weighted by Gasteiger charge is -2.00. The van der Waals surface area contributed by atoms with E-state index in [0.717, 1.165) is 16.8 Å². The molecule has 1 rings (SSSR count). The third-order valence-corrected chi connectivity index (χ3v) is 1.68. The van der Waals surface area contributed by atoms with Crippen molar-refractivity contribution < 1.29 is 0 Å². The number of pyridine rings is 1. The van der Waals surface area contributed by atoms with Crippen LogP contribution in [0.1, 0.15) is 11.3 Å². The topological polar surface area (TPSA) is 25.2 Å². The number of aliphatic imine (C=N–C) groups is 1. The molecular formula is C11H12N2. The predicted octanol–water partition coefficient (Wildman–Crippen LogP) is 2.62. The van der Waals surface area contributed by atoms with E-state index in [4.69, 9.17) is 0 Å². The van der Waals surface area contributed by atoms with Crippen molar-refractivity contribution in [2.75, 3.05) is 0 Å². The van der Waals surface area contributed by atoms with Crippen LogP contribution in [-0.2, 0) is 0 Å². The van der Waals surface area contributed by atoms with Gasteiger partial charge in [-0.15, -0.1) is 0 Å². The highest BCUT2D eigenvalue weighted by Gasteiger charge is 1.96. The van der Waals surface area contributed by atoms with Crippen molar-refractivity contribution >= 4 is 12.3 Å². The lowest BCUT2D eigenvalue weighted by Crippen LogP contribution is -1.84. The molecule has 0 aliphatic carbocycles. The summed E-state index contributed by atoms with van der Waals surface area (Å²) in [5, 5.41) is 0. The largest absolute Gasteiger partial charge is 0.272 e. The molecule has 2 nitrogen and oxygen atoms in total. The fraction of sp³-hybridized carbons (Fsp3) is 0.0909. The van der Waals surface area contributed by atoms with Crippen LogP contribution in [0.25, 0.3) is 5.57 Å². The first kappa shape index (κ1) is 9.39. The molecule has 0 aliphatic heterocycles. The van der Waals surface area contributed by atoms with Gasteiger partial charge in [-0.05, 0) is 36.9 Å². The molecule has 13 heavy (non-hydrogen) atoms. The Morgan fingerprint density at radius 1 is 1.62 bits per heavy atom. The van der Waals surface area contributed by atoms with Gasteiger partial charge in [0.25, 0.3) is 0 Å². The number of hydrogen-bond donors (Lipinski definition) is 0. The highest BCUT2D eigenvalue weighted by molar-refractivity contribution is 5.73. The summed E-state index contributed by atoms with van der Waals surface area (Å²) in [5.74, 6) is 0. The molecule has 0 spiro atoms. The van der Waals surface area contributed by atoms with Crippen LogP contribution < -0.4 is 0 Å². The minimum absolute atomic E-state index is 0.959. The number of hydrogen-bond acceptors (Lipinski definition) is 2. The summed E-state index contributed by atoms with van der Waals surface area (Å²) in [7, 11) is 0. The Morgan fingerprint density at radius 2 is 2.38 bits per heavy atom. The number of nitrogens with zero attached hydrogens (tertiary/aromatic N) is 2. The second-order valence-corrected chi connectivity index (χ2v) is 2.66. The molecular weight excluding hydrogens is 160 g/mol. The summed E-state index contributed by atoms with van der Waals surface area (Å²) in [5.41, 5.74) is 3.00. The molecule has 0 bridgehead atoms. The van der Waals surface area contributed by atoms with Crippen molar-refractivity contribution in [1.82, 2.24) is 4.98 Å². The molecule has 0 aliphatic rings. The van der Waals surface area contributed by atoms with Gasteiger partial charge in [-0.1, -0.05) is 12.7 Å². The van der Waals surface area contributed by atoms with Crippen LogP contribution in [0, 0.1) is 6.92 Å². The first-order chi connectivity index (χ1) is 6.27. The van der Waals surface area contributed by atoms with Gasteiger partial charge in [0.2, 0.25) is 0 Å². The number of allylic oxidation sites excluding steroid dienone is 2. The zero-order valence-electron chi connectivity index (χ0n) is 7.70. The summed E-state index contributed by atoms with van der Waals surface area (Å²) in [4.78, 5) is 7.82. The maximum Gasteiger partial charge on any atom is 0.0378 e. The summed E-state index contributed by atoms with van der Waals surface area (Å²) in [6.07, 6.45) is 5.20. The lowest BCUT2D eigenvalue weighted by molar-refractivity contribution is 1.19. The average Bonchev–Trinajstić information content (AvgIpc) is 2.14. The standard InChI is InChI=1S/C11H12N2/c1-4-10(8-12-3)11-5-6-13-9(2)7-11/h4-8H,1,3H2,2H3/b10-8+. The van der Waals surface area contributed by atoms with Crippen molar-refractivity contribution in [3.8, 4) is 0 Å². The highest BCUT2D eigenvalue weighted by atomic mass is 14.7. The maximum atomic E-state index is 4.11.